The van der Waals surface area contributed by atoms with Crippen LogP contribution in [0.3, 0.4) is 0 Å². The zero-order valence-electron chi connectivity index (χ0n) is 7.60. The number of nitrogens with one attached hydrogen (secondary N) is 1. The van der Waals surface area contributed by atoms with Crippen molar-refractivity contribution >= 4 is 26.0 Å². The first-order valence-electron chi connectivity index (χ1n) is 3.31. The summed E-state index contributed by atoms with van der Waals surface area (Å²) in [7, 11) is -14.2. The number of hydrogen-bond donors (Lipinski definition) is 2. The van der Waals surface area contributed by atoms with E-state index in [4.69, 9.17) is 5.11 Å². The molecule has 0 rings (SSSR count). The van der Waals surface area contributed by atoms with Gasteiger partial charge in [0.25, 0.3) is 0 Å². The topological polar surface area (TPSA) is 133 Å². The molecule has 0 bridgehead atoms. The van der Waals surface area contributed by atoms with Crippen LogP contribution >= 0.6 is 0 Å². The van der Waals surface area contributed by atoms with Crippen molar-refractivity contribution < 1.29 is 52.6 Å². The summed E-state index contributed by atoms with van der Waals surface area (Å²) in [6, 6.07) is 0. The lowest BCUT2D eigenvalue weighted by molar-refractivity contribution is -0.559. The van der Waals surface area contributed by atoms with Gasteiger partial charge >= 0.3 is 36.8 Å². The van der Waals surface area contributed by atoms with Crippen molar-refractivity contribution in [3.8, 4) is 0 Å². The van der Waals surface area contributed by atoms with E-state index in [9.17, 15) is 48.8 Å². The Morgan fingerprint density at radius 3 is 1.56 bits per heavy atom. The fourth-order valence-corrected chi connectivity index (χ4v) is 2.84. The fraction of sp³-hybridized carbons (Fsp3) is 0.667. The maximum Gasteiger partial charge on any atom is 0.550 e. The van der Waals surface area contributed by atoms with Crippen molar-refractivity contribution in [2.75, 3.05) is 0 Å². The van der Waals surface area contributed by atoms with Gasteiger partial charge in [-0.3, -0.25) is 0 Å². The Labute approximate surface area is 95.3 Å². The Balaban J connectivity index is 5.93. The standard InChI is InChI=1S/C3H2F5NO7S2/c4-2(5,1(10)11)17(13,14)9(12)18(15,16)3(6,7)8/h9H,(H,10,11). The number of quaternary nitrogens is 1. The lowest BCUT2D eigenvalue weighted by atomic mass is 10.7. The first-order valence-corrected chi connectivity index (χ1v) is 6.28. The fourth-order valence-electron chi connectivity index (χ4n) is 0.459. The molecule has 108 valence electrons. The molecule has 0 aliphatic rings. The van der Waals surface area contributed by atoms with E-state index >= 15 is 0 Å². The Bertz CT molecular complexity index is 546. The van der Waals surface area contributed by atoms with Gasteiger partial charge in [0.05, 0.1) is 0 Å². The van der Waals surface area contributed by atoms with Gasteiger partial charge in [0.2, 0.25) is 0 Å². The van der Waals surface area contributed by atoms with Gasteiger partial charge in [-0.15, -0.1) is 3.87 Å². The van der Waals surface area contributed by atoms with Gasteiger partial charge in [-0.1, -0.05) is 0 Å². The quantitative estimate of drug-likeness (QED) is 0.462. The number of carboxylic acid groups (broad SMARTS) is 1. The second kappa shape index (κ2) is 4.25. The SMILES string of the molecule is O=C(O)C(F)(F)S(=O)(=O)[NH+]([O-])S(=O)(=O)C(F)(F)F. The van der Waals surface area contributed by atoms with E-state index in [2.05, 4.69) is 0 Å². The molecule has 0 aliphatic heterocycles. The first kappa shape index (κ1) is 16.9. The normalized spacial score (nSPS) is 16.3. The minimum absolute atomic E-state index is 3.49. The summed E-state index contributed by atoms with van der Waals surface area (Å²) < 4.78 is 97.8. The Morgan fingerprint density at radius 1 is 1.00 bits per heavy atom. The van der Waals surface area contributed by atoms with E-state index in [1.165, 1.54) is 0 Å². The monoisotopic (exact) mass is 323 g/mol. The number of alkyl halides is 5. The van der Waals surface area contributed by atoms with E-state index in [0.29, 0.717) is 0 Å². The van der Waals surface area contributed by atoms with Crippen molar-refractivity contribution in [3.05, 3.63) is 5.21 Å². The second-order valence-corrected chi connectivity index (χ2v) is 6.51. The molecule has 1 atom stereocenters. The molecular formula is C3H2F5NO7S2. The molecule has 0 fully saturated rings. The van der Waals surface area contributed by atoms with Crippen LogP contribution < -0.4 is 3.87 Å². The van der Waals surface area contributed by atoms with Crippen LogP contribution in [-0.2, 0) is 24.8 Å². The van der Waals surface area contributed by atoms with Crippen molar-refractivity contribution in [2.24, 2.45) is 0 Å². The number of halogens is 5. The van der Waals surface area contributed by atoms with Crippen LogP contribution in [0.2, 0.25) is 0 Å². The number of aliphatic carboxylic acids is 1. The second-order valence-electron chi connectivity index (χ2n) is 2.52. The molecule has 0 saturated heterocycles. The van der Waals surface area contributed by atoms with E-state index in [1.807, 2.05) is 0 Å². The summed E-state index contributed by atoms with van der Waals surface area (Å²) in [5, 5.41) is 12.2. The molecule has 8 nitrogen and oxygen atoms in total. The van der Waals surface area contributed by atoms with E-state index in [0.717, 1.165) is 0 Å². The average molecular weight is 323 g/mol. The minimum atomic E-state index is -7.12. The summed E-state index contributed by atoms with van der Waals surface area (Å²) in [5.74, 6) is -3.49. The third-order valence-electron chi connectivity index (χ3n) is 1.33. The molecule has 0 aromatic carbocycles. The number of carboxylic acids is 1. The number of hydrogen-bond acceptors (Lipinski definition) is 6. The predicted molar refractivity (Wildman–Crippen MR) is 40.8 cm³/mol. The molecular weight excluding hydrogens is 321 g/mol. The summed E-state index contributed by atoms with van der Waals surface area (Å²) in [5.41, 5.74) is -6.45. The molecule has 18 heavy (non-hydrogen) atoms. The largest absolute Gasteiger partial charge is 0.602 e. The molecule has 15 heteroatoms. The average Bonchev–Trinajstić information content (AvgIpc) is 2.13. The highest BCUT2D eigenvalue weighted by molar-refractivity contribution is 7.98. The van der Waals surface area contributed by atoms with Gasteiger partial charge in [-0.05, 0) is 0 Å². The summed E-state index contributed by atoms with van der Waals surface area (Å²) in [4.78, 5) is 9.79. The van der Waals surface area contributed by atoms with Gasteiger partial charge in [0.15, 0.2) is 0 Å². The first-order chi connectivity index (χ1) is 7.60. The molecule has 0 saturated carbocycles. The lowest BCUT2D eigenvalue weighted by Gasteiger charge is -2.23. The van der Waals surface area contributed by atoms with Crippen LogP contribution in [0.4, 0.5) is 22.0 Å². The highest BCUT2D eigenvalue weighted by atomic mass is 32.3. The van der Waals surface area contributed by atoms with Crippen molar-refractivity contribution in [3.63, 3.8) is 0 Å². The van der Waals surface area contributed by atoms with E-state index < -0.39 is 40.7 Å². The highest BCUT2D eigenvalue weighted by Gasteiger charge is 2.65. The van der Waals surface area contributed by atoms with Gasteiger partial charge in [0.1, 0.15) is 0 Å². The summed E-state index contributed by atoms with van der Waals surface area (Å²) in [6.07, 6.45) is 0. The third kappa shape index (κ3) is 2.38. The zero-order valence-corrected chi connectivity index (χ0v) is 9.24. The maximum atomic E-state index is 12.5. The van der Waals surface area contributed by atoms with E-state index in [-0.39, 0.29) is 0 Å². The van der Waals surface area contributed by atoms with Crippen LogP contribution in [0.5, 0.6) is 0 Å². The van der Waals surface area contributed by atoms with Crippen LogP contribution in [0.1, 0.15) is 0 Å². The van der Waals surface area contributed by atoms with Gasteiger partial charge < -0.3 is 10.3 Å². The predicted octanol–water partition coefficient (Wildman–Crippen LogP) is -1.77. The highest BCUT2D eigenvalue weighted by Crippen LogP contribution is 2.23. The molecule has 0 heterocycles. The molecule has 0 aromatic rings. The minimum Gasteiger partial charge on any atom is -0.602 e. The van der Waals surface area contributed by atoms with Crippen LogP contribution in [0.25, 0.3) is 0 Å². The van der Waals surface area contributed by atoms with Crippen molar-refractivity contribution in [1.29, 1.82) is 0 Å². The van der Waals surface area contributed by atoms with E-state index in [1.54, 1.807) is 0 Å². The molecule has 2 N–H and O–H groups in total. The van der Waals surface area contributed by atoms with Crippen LogP contribution in [-0.4, -0.2) is 38.7 Å². The molecule has 1 unspecified atom stereocenters. The summed E-state index contributed by atoms with van der Waals surface area (Å²) >= 11 is 0. The smallest absolute Gasteiger partial charge is 0.550 e. The maximum absolute atomic E-state index is 12.5. The Morgan fingerprint density at radius 2 is 1.33 bits per heavy atom. The zero-order chi connectivity index (χ0) is 15.2. The Kier molecular flexibility index (Phi) is 4.00. The van der Waals surface area contributed by atoms with Crippen molar-refractivity contribution in [2.45, 2.75) is 10.8 Å². The molecule has 0 aliphatic carbocycles. The molecule has 0 radical (unpaired) electrons. The number of carbonyl (C=O) groups is 1. The summed E-state index contributed by atoms with van der Waals surface area (Å²) in [6.45, 7) is 0. The lowest BCUT2D eigenvalue weighted by Crippen LogP contribution is -3.14. The van der Waals surface area contributed by atoms with Crippen LogP contribution in [0, 0.1) is 5.21 Å². The molecule has 0 amide bonds. The number of rotatable bonds is 4. The van der Waals surface area contributed by atoms with Gasteiger partial charge in [0, 0.05) is 0 Å². The van der Waals surface area contributed by atoms with Crippen molar-refractivity contribution in [1.82, 2.24) is 0 Å². The van der Waals surface area contributed by atoms with Gasteiger partial charge in [-0.2, -0.15) is 38.8 Å². The number of sulfonamides is 2. The van der Waals surface area contributed by atoms with Gasteiger partial charge in [-0.25, -0.2) is 4.79 Å². The third-order valence-corrected chi connectivity index (χ3v) is 4.98. The van der Waals surface area contributed by atoms with Crippen LogP contribution in [0.15, 0.2) is 0 Å². The molecule has 0 spiro atoms. The molecule has 0 aromatic heterocycles. The Hall–Kier alpha value is -1.06.